The zero-order valence-corrected chi connectivity index (χ0v) is 19.0. The van der Waals surface area contributed by atoms with E-state index in [4.69, 9.17) is 9.47 Å². The van der Waals surface area contributed by atoms with E-state index in [0.717, 1.165) is 24.9 Å². The van der Waals surface area contributed by atoms with Gasteiger partial charge in [-0.25, -0.2) is 0 Å². The van der Waals surface area contributed by atoms with E-state index in [1.807, 2.05) is 43.1 Å². The number of benzene rings is 1. The maximum Gasteiger partial charge on any atom is 0.193 e. The third-order valence-corrected chi connectivity index (χ3v) is 4.23. The number of aliphatic imine (C=N–C) groups is 1. The van der Waals surface area contributed by atoms with Crippen LogP contribution in [0.5, 0.6) is 5.75 Å². The van der Waals surface area contributed by atoms with E-state index in [0.29, 0.717) is 32.2 Å². The second-order valence-corrected chi connectivity index (χ2v) is 6.91. The number of likely N-dealkylation sites (N-methyl/N-ethyl adjacent to an activating group) is 1. The first kappa shape index (κ1) is 24.0. The van der Waals surface area contributed by atoms with Gasteiger partial charge < -0.3 is 24.8 Å². The van der Waals surface area contributed by atoms with Crippen LogP contribution in [0.25, 0.3) is 0 Å². The van der Waals surface area contributed by atoms with Crippen LogP contribution in [-0.2, 0) is 4.74 Å². The van der Waals surface area contributed by atoms with Crippen molar-refractivity contribution in [2.75, 3.05) is 46.5 Å². The lowest BCUT2D eigenvalue weighted by molar-refractivity contribution is 0.0367. The van der Waals surface area contributed by atoms with Crippen molar-refractivity contribution in [2.45, 2.75) is 32.8 Å². The summed E-state index contributed by atoms with van der Waals surface area (Å²) in [5, 5.41) is 13.3. The van der Waals surface area contributed by atoms with Gasteiger partial charge in [-0.3, -0.25) is 4.99 Å². The van der Waals surface area contributed by atoms with Crippen LogP contribution in [0.4, 0.5) is 0 Å². The minimum atomic E-state index is -0.570. The number of nitrogens with one attached hydrogen (secondary N) is 1. The third kappa shape index (κ3) is 10.2. The fourth-order valence-corrected chi connectivity index (χ4v) is 2.41. The van der Waals surface area contributed by atoms with Crippen molar-refractivity contribution in [3.63, 3.8) is 0 Å². The maximum atomic E-state index is 10.0. The fraction of sp³-hybridized carbons (Fsp3) is 0.650. The van der Waals surface area contributed by atoms with Crippen LogP contribution < -0.4 is 10.1 Å². The van der Waals surface area contributed by atoms with E-state index >= 15 is 0 Å². The van der Waals surface area contributed by atoms with Gasteiger partial charge in [-0.2, -0.15) is 0 Å². The molecule has 0 amide bonds. The van der Waals surface area contributed by atoms with Crippen LogP contribution >= 0.6 is 24.0 Å². The molecule has 7 heteroatoms. The molecule has 0 aromatic heterocycles. The molecule has 1 aliphatic rings. The Hall–Kier alpha value is -1.06. The molecule has 154 valence electrons. The summed E-state index contributed by atoms with van der Waals surface area (Å²) in [6.07, 6.45) is 1.95. The van der Waals surface area contributed by atoms with Gasteiger partial charge in [-0.1, -0.05) is 17.7 Å². The molecule has 1 aliphatic carbocycles. The van der Waals surface area contributed by atoms with Gasteiger partial charge in [0.05, 0.1) is 25.8 Å². The molecule has 1 atom stereocenters. The van der Waals surface area contributed by atoms with Gasteiger partial charge in [0.1, 0.15) is 12.4 Å². The van der Waals surface area contributed by atoms with Gasteiger partial charge in [-0.05, 0) is 44.7 Å². The van der Waals surface area contributed by atoms with E-state index in [1.165, 1.54) is 18.4 Å². The second-order valence-electron chi connectivity index (χ2n) is 6.91. The van der Waals surface area contributed by atoms with Gasteiger partial charge in [0, 0.05) is 20.2 Å². The van der Waals surface area contributed by atoms with Crippen LogP contribution in [0.3, 0.4) is 0 Å². The summed E-state index contributed by atoms with van der Waals surface area (Å²) in [5.41, 5.74) is 1.22. The molecule has 2 rings (SSSR count). The molecule has 6 nitrogen and oxygen atoms in total. The molecule has 0 heterocycles. The number of aliphatic hydroxyl groups excluding tert-OH is 1. The second kappa shape index (κ2) is 13.2. The lowest BCUT2D eigenvalue weighted by Crippen LogP contribution is -2.41. The highest BCUT2D eigenvalue weighted by Gasteiger charge is 2.21. The van der Waals surface area contributed by atoms with Gasteiger partial charge in [0.15, 0.2) is 5.96 Å². The molecule has 1 unspecified atom stereocenters. The first-order valence-corrected chi connectivity index (χ1v) is 9.53. The van der Waals surface area contributed by atoms with Crippen LogP contribution in [0.15, 0.2) is 29.3 Å². The number of hydrogen-bond donors (Lipinski definition) is 2. The number of aryl methyl sites for hydroxylation is 1. The van der Waals surface area contributed by atoms with Gasteiger partial charge in [0.25, 0.3) is 0 Å². The summed E-state index contributed by atoms with van der Waals surface area (Å²) in [4.78, 5) is 6.52. The number of aliphatic hydroxyl groups is 1. The molecule has 1 aromatic carbocycles. The summed E-state index contributed by atoms with van der Waals surface area (Å²) in [7, 11) is 1.97. The number of nitrogens with zero attached hydrogens (tertiary/aromatic N) is 2. The summed E-state index contributed by atoms with van der Waals surface area (Å²) in [6.45, 7) is 7.57. The molecule has 27 heavy (non-hydrogen) atoms. The Kier molecular flexibility index (Phi) is 11.7. The molecule has 0 saturated heterocycles. The predicted octanol–water partition coefficient (Wildman–Crippen LogP) is 2.68. The number of ether oxygens (including phenoxy) is 2. The Morgan fingerprint density at radius 1 is 1.33 bits per heavy atom. The monoisotopic (exact) mass is 491 g/mol. The number of guanidine groups is 1. The smallest absolute Gasteiger partial charge is 0.193 e. The summed E-state index contributed by atoms with van der Waals surface area (Å²) in [5.74, 6) is 2.35. The first-order chi connectivity index (χ1) is 12.6. The standard InChI is InChI=1S/C20H33N3O3.HI/c1-4-21-20(22-13-18(24)15-25-14-17-7-8-17)23(3)11-12-26-19-9-5-16(2)6-10-19;/h5-6,9-10,17-18,24H,4,7-8,11-15H2,1-3H3,(H,21,22);1H. The van der Waals surface area contributed by atoms with Gasteiger partial charge in [0.2, 0.25) is 0 Å². The SMILES string of the molecule is CCNC(=NCC(O)COCC1CC1)N(C)CCOc1ccc(C)cc1.I. The Balaban J connectivity index is 0.00000364. The molecular formula is C20H34IN3O3. The van der Waals surface area contributed by atoms with Crippen LogP contribution in [0.2, 0.25) is 0 Å². The van der Waals surface area contributed by atoms with E-state index in [9.17, 15) is 5.11 Å². The van der Waals surface area contributed by atoms with Crippen LogP contribution in [0.1, 0.15) is 25.3 Å². The van der Waals surface area contributed by atoms with Crippen molar-refractivity contribution in [1.82, 2.24) is 10.2 Å². The Labute approximate surface area is 180 Å². The summed E-state index contributed by atoms with van der Waals surface area (Å²) < 4.78 is 11.3. The largest absolute Gasteiger partial charge is 0.492 e. The van der Waals surface area contributed by atoms with E-state index in [2.05, 4.69) is 17.2 Å². The van der Waals surface area contributed by atoms with Crippen LogP contribution in [-0.4, -0.2) is 68.6 Å². The van der Waals surface area contributed by atoms with Crippen molar-refractivity contribution in [1.29, 1.82) is 0 Å². The van der Waals surface area contributed by atoms with E-state index in [-0.39, 0.29) is 24.0 Å². The highest BCUT2D eigenvalue weighted by atomic mass is 127. The van der Waals surface area contributed by atoms with E-state index < -0.39 is 6.10 Å². The van der Waals surface area contributed by atoms with Crippen molar-refractivity contribution < 1.29 is 14.6 Å². The third-order valence-electron chi connectivity index (χ3n) is 4.23. The zero-order chi connectivity index (χ0) is 18.8. The molecule has 0 spiro atoms. The lowest BCUT2D eigenvalue weighted by atomic mass is 10.2. The molecule has 1 aromatic rings. The molecule has 1 saturated carbocycles. The Bertz CT molecular complexity index is 550. The fourth-order valence-electron chi connectivity index (χ4n) is 2.41. The van der Waals surface area contributed by atoms with Crippen molar-refractivity contribution in [2.24, 2.45) is 10.9 Å². The molecule has 0 bridgehead atoms. The Morgan fingerprint density at radius 3 is 2.67 bits per heavy atom. The number of hydrogen-bond acceptors (Lipinski definition) is 4. The summed E-state index contributed by atoms with van der Waals surface area (Å²) >= 11 is 0. The minimum Gasteiger partial charge on any atom is -0.492 e. The zero-order valence-electron chi connectivity index (χ0n) is 16.7. The lowest BCUT2D eigenvalue weighted by Gasteiger charge is -2.22. The van der Waals surface area contributed by atoms with E-state index in [1.54, 1.807) is 0 Å². The predicted molar refractivity (Wildman–Crippen MR) is 120 cm³/mol. The summed E-state index contributed by atoms with van der Waals surface area (Å²) in [6, 6.07) is 8.04. The average molecular weight is 491 g/mol. The first-order valence-electron chi connectivity index (χ1n) is 9.53. The molecule has 0 aliphatic heterocycles. The van der Waals surface area contributed by atoms with Crippen LogP contribution in [0, 0.1) is 12.8 Å². The highest BCUT2D eigenvalue weighted by Crippen LogP contribution is 2.28. The van der Waals surface area contributed by atoms with Gasteiger partial charge >= 0.3 is 0 Å². The topological polar surface area (TPSA) is 66.3 Å². The molecule has 0 radical (unpaired) electrons. The van der Waals surface area contributed by atoms with Crippen molar-refractivity contribution >= 4 is 29.9 Å². The van der Waals surface area contributed by atoms with Gasteiger partial charge in [-0.15, -0.1) is 24.0 Å². The molecular weight excluding hydrogens is 457 g/mol. The Morgan fingerprint density at radius 2 is 2.04 bits per heavy atom. The highest BCUT2D eigenvalue weighted by molar-refractivity contribution is 14.0. The van der Waals surface area contributed by atoms with Crippen molar-refractivity contribution in [3.05, 3.63) is 29.8 Å². The number of halogens is 1. The molecule has 2 N–H and O–H groups in total. The normalized spacial score (nSPS) is 15.0. The molecule has 1 fully saturated rings. The quantitative estimate of drug-likeness (QED) is 0.283. The number of rotatable bonds is 11. The average Bonchev–Trinajstić information content (AvgIpc) is 3.44. The maximum absolute atomic E-state index is 10.0. The van der Waals surface area contributed by atoms with Crippen molar-refractivity contribution in [3.8, 4) is 5.75 Å². The minimum absolute atomic E-state index is 0.